The maximum absolute atomic E-state index is 11.6. The van der Waals surface area contributed by atoms with Gasteiger partial charge in [-0.15, -0.1) is 34.4 Å². The number of hydrogen-bond acceptors (Lipinski definition) is 6. The van der Waals surface area contributed by atoms with Gasteiger partial charge in [-0.3, -0.25) is 0 Å². The summed E-state index contributed by atoms with van der Waals surface area (Å²) in [6, 6.07) is 10.1. The van der Waals surface area contributed by atoms with Crippen LogP contribution in [0.4, 0.5) is 0 Å². The SMILES string of the molecule is COC(=O)c1sc(=S)sc1SCc1ccccc1. The summed E-state index contributed by atoms with van der Waals surface area (Å²) in [5, 5.41) is 0. The van der Waals surface area contributed by atoms with Crippen LogP contribution in [0.2, 0.25) is 0 Å². The summed E-state index contributed by atoms with van der Waals surface area (Å²) in [5.41, 5.74) is 1.22. The Hall–Kier alpha value is -0.690. The quantitative estimate of drug-likeness (QED) is 0.467. The minimum atomic E-state index is -0.303. The van der Waals surface area contributed by atoms with E-state index in [9.17, 15) is 4.79 Å². The smallest absolute Gasteiger partial charge is 0.350 e. The monoisotopic (exact) mass is 314 g/mol. The summed E-state index contributed by atoms with van der Waals surface area (Å²) in [5.74, 6) is 0.523. The molecule has 0 radical (unpaired) electrons. The molecule has 1 aromatic heterocycles. The molecule has 1 aromatic carbocycles. The maximum atomic E-state index is 11.6. The van der Waals surface area contributed by atoms with Crippen LogP contribution in [-0.2, 0) is 10.5 Å². The van der Waals surface area contributed by atoms with E-state index in [-0.39, 0.29) is 5.97 Å². The molecule has 1 heterocycles. The van der Waals surface area contributed by atoms with Gasteiger partial charge in [-0.2, -0.15) is 0 Å². The van der Waals surface area contributed by atoms with Gasteiger partial charge < -0.3 is 4.74 Å². The normalized spacial score (nSPS) is 10.3. The van der Waals surface area contributed by atoms with Gasteiger partial charge in [0.05, 0.1) is 11.3 Å². The van der Waals surface area contributed by atoms with Crippen molar-refractivity contribution in [1.29, 1.82) is 0 Å². The number of esters is 1. The average molecular weight is 314 g/mol. The molecule has 0 bridgehead atoms. The van der Waals surface area contributed by atoms with Crippen LogP contribution in [0.25, 0.3) is 0 Å². The minimum Gasteiger partial charge on any atom is -0.465 e. The molecule has 0 aliphatic rings. The molecule has 94 valence electrons. The lowest BCUT2D eigenvalue weighted by molar-refractivity contribution is 0.0603. The fourth-order valence-corrected chi connectivity index (χ4v) is 5.45. The Labute approximate surface area is 123 Å². The Morgan fingerprint density at radius 1 is 1.33 bits per heavy atom. The topological polar surface area (TPSA) is 26.3 Å². The van der Waals surface area contributed by atoms with Crippen molar-refractivity contribution in [3.05, 3.63) is 43.9 Å². The van der Waals surface area contributed by atoms with E-state index in [0.717, 1.165) is 13.1 Å². The highest BCUT2D eigenvalue weighted by atomic mass is 32.2. The molecule has 0 spiro atoms. The molecule has 6 heteroatoms. The largest absolute Gasteiger partial charge is 0.465 e. The third-order valence-corrected chi connectivity index (χ3v) is 6.23. The summed E-state index contributed by atoms with van der Waals surface area (Å²) in [7, 11) is 1.39. The van der Waals surface area contributed by atoms with E-state index in [4.69, 9.17) is 17.0 Å². The molecule has 0 unspecified atom stereocenters. The first kappa shape index (κ1) is 13.7. The number of rotatable bonds is 4. The highest BCUT2D eigenvalue weighted by Gasteiger charge is 2.16. The van der Waals surface area contributed by atoms with Crippen molar-refractivity contribution in [2.45, 2.75) is 9.96 Å². The van der Waals surface area contributed by atoms with E-state index in [1.165, 1.54) is 35.3 Å². The molecule has 0 aliphatic carbocycles. The van der Waals surface area contributed by atoms with Crippen LogP contribution in [0.5, 0.6) is 0 Å². The summed E-state index contributed by atoms with van der Waals surface area (Å²) in [6.45, 7) is 0. The van der Waals surface area contributed by atoms with E-state index in [2.05, 4.69) is 12.1 Å². The van der Waals surface area contributed by atoms with Crippen LogP contribution in [0.15, 0.2) is 34.5 Å². The van der Waals surface area contributed by atoms with Gasteiger partial charge in [-0.05, 0) is 5.56 Å². The molecule has 2 aromatic rings. The molecule has 0 amide bonds. The van der Waals surface area contributed by atoms with Crippen LogP contribution in [0.1, 0.15) is 15.2 Å². The van der Waals surface area contributed by atoms with Crippen molar-refractivity contribution >= 4 is 52.6 Å². The zero-order chi connectivity index (χ0) is 13.0. The zero-order valence-corrected chi connectivity index (χ0v) is 12.8. The summed E-state index contributed by atoms with van der Waals surface area (Å²) in [4.78, 5) is 12.2. The average Bonchev–Trinajstić information content (AvgIpc) is 2.78. The van der Waals surface area contributed by atoms with Gasteiger partial charge >= 0.3 is 5.97 Å². The Balaban J connectivity index is 2.14. The number of carbonyl (C=O) groups is 1. The van der Waals surface area contributed by atoms with Gasteiger partial charge in [0.1, 0.15) is 8.01 Å². The van der Waals surface area contributed by atoms with Crippen LogP contribution < -0.4 is 0 Å². The van der Waals surface area contributed by atoms with E-state index in [1.807, 2.05) is 18.2 Å². The highest BCUT2D eigenvalue weighted by molar-refractivity contribution is 8.01. The molecule has 2 rings (SSSR count). The second-order valence-electron chi connectivity index (χ2n) is 3.34. The van der Waals surface area contributed by atoms with E-state index < -0.39 is 0 Å². The molecular weight excluding hydrogens is 304 g/mol. The van der Waals surface area contributed by atoms with Crippen molar-refractivity contribution in [2.75, 3.05) is 7.11 Å². The van der Waals surface area contributed by atoms with E-state index in [1.54, 1.807) is 11.8 Å². The van der Waals surface area contributed by atoms with Crippen molar-refractivity contribution in [1.82, 2.24) is 0 Å². The number of thioether (sulfide) groups is 1. The number of methoxy groups -OCH3 is 1. The first-order valence-electron chi connectivity index (χ1n) is 5.09. The summed E-state index contributed by atoms with van der Waals surface area (Å²) in [6.07, 6.45) is 0. The fraction of sp³-hybridized carbons (Fsp3) is 0.167. The Morgan fingerprint density at radius 3 is 2.72 bits per heavy atom. The van der Waals surface area contributed by atoms with Crippen LogP contribution in [-0.4, -0.2) is 13.1 Å². The van der Waals surface area contributed by atoms with E-state index in [0.29, 0.717) is 4.88 Å². The van der Waals surface area contributed by atoms with Crippen molar-refractivity contribution in [2.24, 2.45) is 0 Å². The number of ether oxygens (including phenoxy) is 1. The molecule has 2 nitrogen and oxygen atoms in total. The maximum Gasteiger partial charge on any atom is 0.350 e. The Morgan fingerprint density at radius 2 is 2.06 bits per heavy atom. The molecular formula is C12H10O2S4. The molecule has 0 saturated heterocycles. The number of benzene rings is 1. The van der Waals surface area contributed by atoms with Crippen LogP contribution >= 0.6 is 46.7 Å². The third kappa shape index (κ3) is 3.41. The van der Waals surface area contributed by atoms with E-state index >= 15 is 0 Å². The minimum absolute atomic E-state index is 0.303. The molecule has 0 N–H and O–H groups in total. The Bertz CT molecular complexity index is 586. The van der Waals surface area contributed by atoms with Gasteiger partial charge in [-0.25, -0.2) is 4.79 Å². The molecule has 0 fully saturated rings. The second-order valence-corrected chi connectivity index (χ2v) is 7.81. The molecule has 0 saturated carbocycles. The lowest BCUT2D eigenvalue weighted by Gasteiger charge is -2.01. The van der Waals surface area contributed by atoms with Gasteiger partial charge in [0.15, 0.2) is 0 Å². The molecule has 0 aliphatic heterocycles. The number of carbonyl (C=O) groups excluding carboxylic acids is 1. The third-order valence-electron chi connectivity index (χ3n) is 2.13. The van der Waals surface area contributed by atoms with Crippen molar-refractivity contribution in [3.63, 3.8) is 0 Å². The standard InChI is InChI=1S/C12H10O2S4/c1-14-10(13)9-11(18-12(15)17-9)16-7-8-5-3-2-4-6-8/h2-6H,7H2,1H3. The van der Waals surface area contributed by atoms with Gasteiger partial charge in [0.2, 0.25) is 0 Å². The van der Waals surface area contributed by atoms with Crippen LogP contribution in [0.3, 0.4) is 0 Å². The second kappa shape index (κ2) is 6.47. The first-order chi connectivity index (χ1) is 8.70. The van der Waals surface area contributed by atoms with Gasteiger partial charge in [0.25, 0.3) is 0 Å². The highest BCUT2D eigenvalue weighted by Crippen LogP contribution is 2.36. The summed E-state index contributed by atoms with van der Waals surface area (Å²) >= 11 is 9.55. The molecule has 0 atom stereocenters. The van der Waals surface area contributed by atoms with Crippen LogP contribution in [0, 0.1) is 3.14 Å². The molecule has 18 heavy (non-hydrogen) atoms. The van der Waals surface area contributed by atoms with Gasteiger partial charge in [-0.1, -0.05) is 42.5 Å². The fourth-order valence-electron chi connectivity index (χ4n) is 1.30. The lowest BCUT2D eigenvalue weighted by atomic mass is 10.2. The number of hydrogen-bond donors (Lipinski definition) is 0. The Kier molecular flexibility index (Phi) is 4.94. The predicted octanol–water partition coefficient (Wildman–Crippen LogP) is 4.62. The van der Waals surface area contributed by atoms with Crippen molar-refractivity contribution in [3.8, 4) is 0 Å². The lowest BCUT2D eigenvalue weighted by Crippen LogP contribution is -1.98. The summed E-state index contributed by atoms with van der Waals surface area (Å²) < 4.78 is 6.46. The van der Waals surface area contributed by atoms with Gasteiger partial charge in [0, 0.05) is 5.75 Å². The predicted molar refractivity (Wildman–Crippen MR) is 80.4 cm³/mol. The first-order valence-corrected chi connectivity index (χ1v) is 8.12. The van der Waals surface area contributed by atoms with Crippen molar-refractivity contribution < 1.29 is 9.53 Å². The zero-order valence-electron chi connectivity index (χ0n) is 9.54.